The van der Waals surface area contributed by atoms with Crippen LogP contribution in [0.3, 0.4) is 0 Å². The Labute approximate surface area is 133 Å². The van der Waals surface area contributed by atoms with Crippen molar-refractivity contribution in [2.24, 2.45) is 11.5 Å². The number of carbonyl (C=O) groups excluding carboxylic acids is 1. The second kappa shape index (κ2) is 7.72. The molecule has 0 heterocycles. The molecule has 5 N–H and O–H groups in total. The molecule has 0 saturated heterocycles. The van der Waals surface area contributed by atoms with Gasteiger partial charge < -0.3 is 21.5 Å². The molecule has 124 valence electrons. The summed E-state index contributed by atoms with van der Waals surface area (Å²) in [6.45, 7) is 8.56. The molecular weight excluding hydrogens is 278 g/mol. The third-order valence-electron chi connectivity index (χ3n) is 3.39. The van der Waals surface area contributed by atoms with Gasteiger partial charge in [0.2, 0.25) is 5.91 Å². The summed E-state index contributed by atoms with van der Waals surface area (Å²) in [7, 11) is 0. The highest BCUT2D eigenvalue weighted by Crippen LogP contribution is 2.19. The van der Waals surface area contributed by atoms with Crippen LogP contribution in [0.5, 0.6) is 0 Å². The number of benzene rings is 1. The van der Waals surface area contributed by atoms with E-state index in [1.807, 2.05) is 58.0 Å². The molecule has 22 heavy (non-hydrogen) atoms. The maximum Gasteiger partial charge on any atom is 0.222 e. The number of hydrogen-bond donors (Lipinski definition) is 3. The lowest BCUT2D eigenvalue weighted by molar-refractivity contribution is -0.130. The summed E-state index contributed by atoms with van der Waals surface area (Å²) in [5.74, 6) is -0.0846. The van der Waals surface area contributed by atoms with Crippen molar-refractivity contribution >= 4 is 5.91 Å². The minimum absolute atomic E-state index is 0.0846. The molecule has 1 aromatic carbocycles. The van der Waals surface area contributed by atoms with Crippen molar-refractivity contribution in [1.29, 1.82) is 0 Å². The maximum atomic E-state index is 12.0. The van der Waals surface area contributed by atoms with E-state index in [9.17, 15) is 4.79 Å². The van der Waals surface area contributed by atoms with Gasteiger partial charge in [0.1, 0.15) is 0 Å². The molecule has 5 heteroatoms. The van der Waals surface area contributed by atoms with E-state index in [1.54, 1.807) is 0 Å². The summed E-state index contributed by atoms with van der Waals surface area (Å²) in [5, 5.41) is 2.89. The first kappa shape index (κ1) is 18.6. The van der Waals surface area contributed by atoms with Gasteiger partial charge in [0, 0.05) is 25.6 Å². The minimum Gasteiger partial charge on any atom is -0.367 e. The van der Waals surface area contributed by atoms with Gasteiger partial charge in [0.05, 0.1) is 11.2 Å². The molecule has 1 amide bonds. The summed E-state index contributed by atoms with van der Waals surface area (Å²) < 4.78 is 5.94. The second-order valence-corrected chi connectivity index (χ2v) is 6.82. The zero-order valence-electron chi connectivity index (χ0n) is 14.1. The van der Waals surface area contributed by atoms with Crippen LogP contribution in [0.15, 0.2) is 30.3 Å². The third kappa shape index (κ3) is 6.56. The third-order valence-corrected chi connectivity index (χ3v) is 3.39. The summed E-state index contributed by atoms with van der Waals surface area (Å²) in [6, 6.07) is 9.31. The molecule has 0 aliphatic carbocycles. The highest BCUT2D eigenvalue weighted by Gasteiger charge is 2.28. The van der Waals surface area contributed by atoms with Crippen molar-refractivity contribution in [3.8, 4) is 0 Å². The number of nitrogens with one attached hydrogen (secondary N) is 1. The number of carbonyl (C=O) groups is 1. The maximum absolute atomic E-state index is 12.0. The molecule has 0 saturated carbocycles. The molecule has 0 bridgehead atoms. The van der Waals surface area contributed by atoms with Gasteiger partial charge in [-0.05, 0) is 33.3 Å². The van der Waals surface area contributed by atoms with Crippen LogP contribution >= 0.6 is 0 Å². The zero-order valence-corrected chi connectivity index (χ0v) is 14.1. The first-order chi connectivity index (χ1) is 10.2. The van der Waals surface area contributed by atoms with E-state index in [1.165, 1.54) is 0 Å². The summed E-state index contributed by atoms with van der Waals surface area (Å²) >= 11 is 0. The molecule has 0 fully saturated rings. The summed E-state index contributed by atoms with van der Waals surface area (Å²) in [5.41, 5.74) is 11.8. The van der Waals surface area contributed by atoms with Crippen molar-refractivity contribution in [3.63, 3.8) is 0 Å². The van der Waals surface area contributed by atoms with Crippen molar-refractivity contribution in [3.05, 3.63) is 35.9 Å². The average Bonchev–Trinajstić information content (AvgIpc) is 2.45. The van der Waals surface area contributed by atoms with E-state index in [0.717, 1.165) is 5.56 Å². The second-order valence-electron chi connectivity index (χ2n) is 6.82. The zero-order chi connectivity index (χ0) is 16.8. The normalized spacial score (nSPS) is 13.7. The van der Waals surface area contributed by atoms with Gasteiger partial charge in [-0.2, -0.15) is 0 Å². The monoisotopic (exact) mass is 307 g/mol. The lowest BCUT2D eigenvalue weighted by Gasteiger charge is -2.35. The lowest BCUT2D eigenvalue weighted by Crippen LogP contribution is -2.48. The van der Waals surface area contributed by atoms with Crippen LogP contribution in [-0.2, 0) is 9.53 Å². The fraction of sp³-hybridized carbons (Fsp3) is 0.588. The predicted octanol–water partition coefficient (Wildman–Crippen LogP) is 1.73. The Morgan fingerprint density at radius 1 is 1.18 bits per heavy atom. The van der Waals surface area contributed by atoms with Gasteiger partial charge in [-0.25, -0.2) is 0 Å². The van der Waals surface area contributed by atoms with Crippen LogP contribution in [0.2, 0.25) is 0 Å². The van der Waals surface area contributed by atoms with E-state index in [2.05, 4.69) is 5.32 Å². The molecule has 5 nitrogen and oxygen atoms in total. The van der Waals surface area contributed by atoms with E-state index in [-0.39, 0.29) is 18.4 Å². The van der Waals surface area contributed by atoms with Crippen molar-refractivity contribution < 1.29 is 9.53 Å². The predicted molar refractivity (Wildman–Crippen MR) is 89.3 cm³/mol. The number of hydrogen-bond acceptors (Lipinski definition) is 4. The number of amides is 1. The van der Waals surface area contributed by atoms with Crippen LogP contribution < -0.4 is 16.8 Å². The molecule has 0 aromatic heterocycles. The molecule has 1 atom stereocenters. The van der Waals surface area contributed by atoms with Crippen LogP contribution in [-0.4, -0.2) is 30.2 Å². The summed E-state index contributed by atoms with van der Waals surface area (Å²) in [4.78, 5) is 12.0. The fourth-order valence-corrected chi connectivity index (χ4v) is 2.23. The van der Waals surface area contributed by atoms with Crippen molar-refractivity contribution in [2.45, 2.75) is 51.4 Å². The molecule has 0 aliphatic heterocycles. The van der Waals surface area contributed by atoms with E-state index in [0.29, 0.717) is 13.1 Å². The molecule has 0 aliphatic rings. The molecule has 0 radical (unpaired) electrons. The van der Waals surface area contributed by atoms with Crippen molar-refractivity contribution in [1.82, 2.24) is 5.32 Å². The molecule has 1 aromatic rings. The van der Waals surface area contributed by atoms with Gasteiger partial charge in [0.15, 0.2) is 0 Å². The molecular formula is C17H29N3O2. The smallest absolute Gasteiger partial charge is 0.222 e. The molecule has 0 spiro atoms. The molecule has 0 unspecified atom stereocenters. The Morgan fingerprint density at radius 2 is 1.77 bits per heavy atom. The minimum atomic E-state index is -0.491. The Hall–Kier alpha value is -1.43. The standard InChI is InChI=1S/C17H29N3O2/c1-16(2,11-18)22-17(3,4)12-20-15(21)10-14(19)13-8-6-5-7-9-13/h5-9,14H,10-12,18-19H2,1-4H3,(H,20,21)/t14-/m1/s1. The van der Waals surface area contributed by atoms with Crippen LogP contribution in [0.4, 0.5) is 0 Å². The quantitative estimate of drug-likeness (QED) is 0.682. The number of rotatable bonds is 8. The Balaban J connectivity index is 2.45. The fourth-order valence-electron chi connectivity index (χ4n) is 2.23. The number of ether oxygens (including phenoxy) is 1. The van der Waals surface area contributed by atoms with Crippen molar-refractivity contribution in [2.75, 3.05) is 13.1 Å². The Morgan fingerprint density at radius 3 is 2.32 bits per heavy atom. The largest absolute Gasteiger partial charge is 0.367 e. The topological polar surface area (TPSA) is 90.4 Å². The van der Waals surface area contributed by atoms with Gasteiger partial charge in [-0.3, -0.25) is 4.79 Å². The SMILES string of the molecule is CC(C)(CN)OC(C)(C)CNC(=O)C[C@@H](N)c1ccccc1. The van der Waals surface area contributed by atoms with Gasteiger partial charge in [-0.15, -0.1) is 0 Å². The average molecular weight is 307 g/mol. The first-order valence-corrected chi connectivity index (χ1v) is 7.63. The van der Waals surface area contributed by atoms with E-state index >= 15 is 0 Å². The van der Waals surface area contributed by atoms with E-state index in [4.69, 9.17) is 16.2 Å². The van der Waals surface area contributed by atoms with Crippen LogP contribution in [0, 0.1) is 0 Å². The Bertz CT molecular complexity index is 472. The highest BCUT2D eigenvalue weighted by molar-refractivity contribution is 5.76. The lowest BCUT2D eigenvalue weighted by atomic mass is 10.0. The summed E-state index contributed by atoms with van der Waals surface area (Å²) in [6.07, 6.45) is 0.250. The van der Waals surface area contributed by atoms with Crippen LogP contribution in [0.25, 0.3) is 0 Å². The van der Waals surface area contributed by atoms with Crippen LogP contribution in [0.1, 0.15) is 45.7 Å². The molecule has 1 rings (SSSR count). The van der Waals surface area contributed by atoms with E-state index < -0.39 is 11.2 Å². The highest BCUT2D eigenvalue weighted by atomic mass is 16.5. The van der Waals surface area contributed by atoms with Gasteiger partial charge >= 0.3 is 0 Å². The Kier molecular flexibility index (Phi) is 6.53. The first-order valence-electron chi connectivity index (χ1n) is 7.63. The van der Waals surface area contributed by atoms with Gasteiger partial charge in [0.25, 0.3) is 0 Å². The van der Waals surface area contributed by atoms with Gasteiger partial charge in [-0.1, -0.05) is 30.3 Å². The number of nitrogens with two attached hydrogens (primary N) is 2.